The number of pyridine rings is 1. The van der Waals surface area contributed by atoms with Crippen molar-refractivity contribution in [2.45, 2.75) is 48.4 Å². The van der Waals surface area contributed by atoms with Crippen LogP contribution >= 0.6 is 15.9 Å². The molecule has 1 fully saturated rings. The van der Waals surface area contributed by atoms with Crippen molar-refractivity contribution in [3.63, 3.8) is 0 Å². The lowest BCUT2D eigenvalue weighted by Gasteiger charge is -2.21. The molecule has 1 atom stereocenters. The third-order valence-electron chi connectivity index (χ3n) is 5.24. The highest BCUT2D eigenvalue weighted by Gasteiger charge is 2.46. The van der Waals surface area contributed by atoms with Crippen LogP contribution in [0.2, 0.25) is 0 Å². The summed E-state index contributed by atoms with van der Waals surface area (Å²) in [4.78, 5) is 16.2. The minimum Gasteiger partial charge on any atom is -0.310 e. The van der Waals surface area contributed by atoms with Crippen molar-refractivity contribution in [3.8, 4) is 0 Å². The molecule has 0 aliphatic heterocycles. The molecule has 1 aromatic heterocycles. The van der Waals surface area contributed by atoms with Gasteiger partial charge in [-0.2, -0.15) is 13.2 Å². The molecule has 1 amide bonds. The Labute approximate surface area is 181 Å². The summed E-state index contributed by atoms with van der Waals surface area (Å²) in [6.07, 6.45) is 6.21. The number of anilines is 1. The van der Waals surface area contributed by atoms with Gasteiger partial charge in [-0.25, -0.2) is 13.4 Å². The van der Waals surface area contributed by atoms with Crippen molar-refractivity contribution in [1.29, 1.82) is 0 Å². The third kappa shape index (κ3) is 5.21. The van der Waals surface area contributed by atoms with Crippen molar-refractivity contribution in [2.75, 3.05) is 5.32 Å². The molecule has 1 aliphatic rings. The van der Waals surface area contributed by atoms with E-state index in [4.69, 9.17) is 0 Å². The number of benzene rings is 1. The third-order valence-corrected chi connectivity index (χ3v) is 7.21. The number of sulfone groups is 1. The maximum absolute atomic E-state index is 13.0. The highest BCUT2D eigenvalue weighted by atomic mass is 79.9. The minimum absolute atomic E-state index is 0.330. The van der Waals surface area contributed by atoms with Gasteiger partial charge in [-0.05, 0) is 58.1 Å². The molecule has 30 heavy (non-hydrogen) atoms. The standard InChI is InChI=1S/C20H20BrF3N2O3S/c21-15-7-10-18(25-12-15)26-19(27)17(11-13-3-1-2-4-13)14-5-8-16(9-6-14)30(28,29)20(22,23)24/h5-10,12-13,17H,1-4,11H2,(H,25,26,27). The van der Waals surface area contributed by atoms with Crippen molar-refractivity contribution in [3.05, 3.63) is 52.6 Å². The SMILES string of the molecule is O=C(Nc1ccc(Br)cn1)C(CC1CCCC1)c1ccc(S(=O)(=O)C(F)(F)F)cc1. The number of rotatable bonds is 6. The Kier molecular flexibility index (Phi) is 6.86. The first kappa shape index (κ1) is 22.7. The first-order valence-corrected chi connectivity index (χ1v) is 11.7. The maximum atomic E-state index is 13.0. The van der Waals surface area contributed by atoms with Crippen LogP contribution in [-0.4, -0.2) is 24.8 Å². The van der Waals surface area contributed by atoms with Crippen LogP contribution in [0.4, 0.5) is 19.0 Å². The smallest absolute Gasteiger partial charge is 0.310 e. The van der Waals surface area contributed by atoms with Crippen molar-refractivity contribution in [2.24, 2.45) is 5.92 Å². The van der Waals surface area contributed by atoms with E-state index in [1.165, 1.54) is 12.1 Å². The van der Waals surface area contributed by atoms with Crippen LogP contribution in [0.25, 0.3) is 0 Å². The van der Waals surface area contributed by atoms with Gasteiger partial charge < -0.3 is 5.32 Å². The Balaban J connectivity index is 1.86. The molecule has 10 heteroatoms. The Bertz CT molecular complexity index is 987. The van der Waals surface area contributed by atoms with E-state index in [1.807, 2.05) is 0 Å². The van der Waals surface area contributed by atoms with Crippen LogP contribution in [0.1, 0.15) is 43.6 Å². The largest absolute Gasteiger partial charge is 0.501 e. The van der Waals surface area contributed by atoms with Gasteiger partial charge in [-0.1, -0.05) is 37.8 Å². The van der Waals surface area contributed by atoms with Crippen LogP contribution < -0.4 is 5.32 Å². The maximum Gasteiger partial charge on any atom is 0.501 e. The zero-order chi connectivity index (χ0) is 21.9. The molecule has 0 radical (unpaired) electrons. The fourth-order valence-electron chi connectivity index (χ4n) is 3.65. The number of hydrogen-bond donors (Lipinski definition) is 1. The topological polar surface area (TPSA) is 76.1 Å². The van der Waals surface area contributed by atoms with Crippen molar-refractivity contribution < 1.29 is 26.4 Å². The Morgan fingerprint density at radius 1 is 1.13 bits per heavy atom. The Morgan fingerprint density at radius 2 is 1.77 bits per heavy atom. The molecule has 1 unspecified atom stereocenters. The van der Waals surface area contributed by atoms with E-state index in [0.717, 1.165) is 42.3 Å². The second kappa shape index (κ2) is 9.05. The van der Waals surface area contributed by atoms with Crippen LogP contribution in [0.3, 0.4) is 0 Å². The van der Waals surface area contributed by atoms with Gasteiger partial charge in [0.25, 0.3) is 9.84 Å². The zero-order valence-corrected chi connectivity index (χ0v) is 18.2. The molecule has 1 aliphatic carbocycles. The second-order valence-electron chi connectivity index (χ2n) is 7.31. The number of halogens is 4. The number of carbonyl (C=O) groups is 1. The summed E-state index contributed by atoms with van der Waals surface area (Å²) in [7, 11) is -5.43. The number of carbonyl (C=O) groups excluding carboxylic acids is 1. The lowest BCUT2D eigenvalue weighted by atomic mass is 9.87. The first-order valence-electron chi connectivity index (χ1n) is 9.41. The minimum atomic E-state index is -5.43. The van der Waals surface area contributed by atoms with E-state index in [0.29, 0.717) is 23.7 Å². The summed E-state index contributed by atoms with van der Waals surface area (Å²) in [5.74, 6) is -0.266. The summed E-state index contributed by atoms with van der Waals surface area (Å²) in [6.45, 7) is 0. The van der Waals surface area contributed by atoms with Gasteiger partial charge in [0.1, 0.15) is 5.82 Å². The summed E-state index contributed by atoms with van der Waals surface area (Å²) >= 11 is 3.27. The zero-order valence-electron chi connectivity index (χ0n) is 15.8. The Morgan fingerprint density at radius 3 is 2.30 bits per heavy atom. The molecule has 0 bridgehead atoms. The summed E-state index contributed by atoms with van der Waals surface area (Å²) in [5.41, 5.74) is -4.90. The lowest BCUT2D eigenvalue weighted by molar-refractivity contribution is -0.118. The predicted molar refractivity (Wildman–Crippen MR) is 110 cm³/mol. The van der Waals surface area contributed by atoms with Crippen LogP contribution in [0.5, 0.6) is 0 Å². The summed E-state index contributed by atoms with van der Waals surface area (Å²) in [5, 5.41) is 2.74. The fourth-order valence-corrected chi connectivity index (χ4v) is 4.65. The van der Waals surface area contributed by atoms with Gasteiger partial charge in [0.15, 0.2) is 0 Å². The molecule has 3 rings (SSSR count). The predicted octanol–water partition coefficient (Wildman–Crippen LogP) is 5.44. The van der Waals surface area contributed by atoms with Gasteiger partial charge in [0.05, 0.1) is 10.8 Å². The number of hydrogen-bond acceptors (Lipinski definition) is 4. The van der Waals surface area contributed by atoms with Gasteiger partial charge in [-0.3, -0.25) is 4.79 Å². The van der Waals surface area contributed by atoms with Crippen LogP contribution in [-0.2, 0) is 14.6 Å². The average molecular weight is 505 g/mol. The van der Waals surface area contributed by atoms with E-state index in [9.17, 15) is 26.4 Å². The molecular weight excluding hydrogens is 485 g/mol. The van der Waals surface area contributed by atoms with E-state index in [-0.39, 0.29) is 5.91 Å². The van der Waals surface area contributed by atoms with Crippen LogP contribution in [0, 0.1) is 5.92 Å². The van der Waals surface area contributed by atoms with Gasteiger partial charge >= 0.3 is 5.51 Å². The number of nitrogens with one attached hydrogen (secondary N) is 1. The van der Waals surface area contributed by atoms with E-state index in [1.54, 1.807) is 18.3 Å². The first-order chi connectivity index (χ1) is 14.1. The normalized spacial score (nSPS) is 16.4. The molecule has 1 N–H and O–H groups in total. The molecule has 1 saturated carbocycles. The Hall–Kier alpha value is -1.94. The molecule has 162 valence electrons. The van der Waals surface area contributed by atoms with Crippen molar-refractivity contribution in [1.82, 2.24) is 4.98 Å². The lowest BCUT2D eigenvalue weighted by Crippen LogP contribution is -2.25. The van der Waals surface area contributed by atoms with E-state index in [2.05, 4.69) is 26.2 Å². The summed E-state index contributed by atoms with van der Waals surface area (Å²) in [6, 6.07) is 7.74. The molecule has 5 nitrogen and oxygen atoms in total. The van der Waals surface area contributed by atoms with Crippen molar-refractivity contribution >= 4 is 37.5 Å². The number of alkyl halides is 3. The van der Waals surface area contributed by atoms with E-state index >= 15 is 0 Å². The second-order valence-corrected chi connectivity index (χ2v) is 10.2. The average Bonchev–Trinajstić information content (AvgIpc) is 3.20. The summed E-state index contributed by atoms with van der Waals surface area (Å²) < 4.78 is 62.3. The molecular formula is C20H20BrF3N2O3S. The highest BCUT2D eigenvalue weighted by Crippen LogP contribution is 2.36. The van der Waals surface area contributed by atoms with Gasteiger partial charge in [0, 0.05) is 10.7 Å². The molecule has 2 aromatic rings. The monoisotopic (exact) mass is 504 g/mol. The fraction of sp³-hybridized carbons (Fsp3) is 0.400. The quantitative estimate of drug-likeness (QED) is 0.568. The number of amides is 1. The number of nitrogens with zero attached hydrogens (tertiary/aromatic N) is 1. The molecule has 1 heterocycles. The van der Waals surface area contributed by atoms with Gasteiger partial charge in [0.2, 0.25) is 5.91 Å². The van der Waals surface area contributed by atoms with Crippen LogP contribution in [0.15, 0.2) is 52.0 Å². The highest BCUT2D eigenvalue weighted by molar-refractivity contribution is 9.10. The molecule has 0 saturated heterocycles. The van der Waals surface area contributed by atoms with Gasteiger partial charge in [-0.15, -0.1) is 0 Å². The number of aromatic nitrogens is 1. The molecule has 1 aromatic carbocycles. The molecule has 0 spiro atoms. The van der Waals surface area contributed by atoms with E-state index < -0.39 is 26.2 Å².